The van der Waals surface area contributed by atoms with Crippen LogP contribution in [0.15, 0.2) is 0 Å². The second kappa shape index (κ2) is 7.44. The van der Waals surface area contributed by atoms with E-state index in [1.807, 2.05) is 0 Å². The average Bonchev–Trinajstić information content (AvgIpc) is 2.39. The molecular formula is C13H25N3O4. The highest BCUT2D eigenvalue weighted by molar-refractivity contribution is 5.79. The fraction of sp³-hybridized carbons (Fsp3) is 0.846. The van der Waals surface area contributed by atoms with E-state index < -0.39 is 17.6 Å². The molecule has 2 amide bonds. The average molecular weight is 287 g/mol. The van der Waals surface area contributed by atoms with Gasteiger partial charge in [0, 0.05) is 6.54 Å². The van der Waals surface area contributed by atoms with E-state index in [2.05, 4.69) is 22.6 Å². The number of amides is 2. The Morgan fingerprint density at radius 2 is 1.90 bits per heavy atom. The number of piperidine rings is 1. The molecule has 0 spiro atoms. The number of urea groups is 1. The molecule has 1 unspecified atom stereocenters. The van der Waals surface area contributed by atoms with Gasteiger partial charge >= 0.3 is 12.0 Å². The molecule has 7 heteroatoms. The quantitative estimate of drug-likeness (QED) is 0.544. The molecule has 1 aliphatic heterocycles. The van der Waals surface area contributed by atoms with Crippen molar-refractivity contribution in [2.75, 3.05) is 33.2 Å². The van der Waals surface area contributed by atoms with Crippen LogP contribution in [0.25, 0.3) is 0 Å². The Kier molecular flexibility index (Phi) is 6.22. The molecule has 0 aliphatic carbocycles. The van der Waals surface area contributed by atoms with Crippen molar-refractivity contribution in [1.29, 1.82) is 0 Å². The number of carbonyl (C=O) groups is 2. The molecule has 4 N–H and O–H groups in total. The molecule has 0 aromatic rings. The van der Waals surface area contributed by atoms with Crippen molar-refractivity contribution in [2.45, 2.75) is 31.8 Å². The molecule has 0 bridgehead atoms. The smallest absolute Gasteiger partial charge is 0.337 e. The predicted octanol–water partition coefficient (Wildman–Crippen LogP) is -0.147. The van der Waals surface area contributed by atoms with Crippen molar-refractivity contribution in [3.63, 3.8) is 0 Å². The lowest BCUT2D eigenvalue weighted by Gasteiger charge is -2.28. The first-order valence-electron chi connectivity index (χ1n) is 6.97. The molecule has 1 saturated heterocycles. The van der Waals surface area contributed by atoms with Crippen LogP contribution in [0.2, 0.25) is 0 Å². The van der Waals surface area contributed by atoms with Crippen molar-refractivity contribution in [3.05, 3.63) is 0 Å². The third kappa shape index (κ3) is 5.75. The summed E-state index contributed by atoms with van der Waals surface area (Å²) in [6.45, 7) is 3.59. The normalized spacial score (nSPS) is 20.1. The van der Waals surface area contributed by atoms with Gasteiger partial charge in [0.15, 0.2) is 5.60 Å². The molecular weight excluding hydrogens is 262 g/mol. The monoisotopic (exact) mass is 287 g/mol. The van der Waals surface area contributed by atoms with Gasteiger partial charge in [-0.2, -0.15) is 0 Å². The summed E-state index contributed by atoms with van der Waals surface area (Å²) in [4.78, 5) is 24.4. The molecule has 1 aliphatic rings. The van der Waals surface area contributed by atoms with Gasteiger partial charge in [-0.15, -0.1) is 0 Å². The highest BCUT2D eigenvalue weighted by atomic mass is 16.4. The van der Waals surface area contributed by atoms with Gasteiger partial charge in [0.2, 0.25) is 0 Å². The maximum absolute atomic E-state index is 11.5. The van der Waals surface area contributed by atoms with Gasteiger partial charge in [0.1, 0.15) is 0 Å². The number of aliphatic hydroxyl groups is 1. The van der Waals surface area contributed by atoms with Crippen molar-refractivity contribution < 1.29 is 19.8 Å². The van der Waals surface area contributed by atoms with Gasteiger partial charge in [-0.05, 0) is 52.2 Å². The van der Waals surface area contributed by atoms with Crippen LogP contribution >= 0.6 is 0 Å². The zero-order valence-corrected chi connectivity index (χ0v) is 12.2. The summed E-state index contributed by atoms with van der Waals surface area (Å²) in [6, 6.07) is -0.445. The second-order valence-corrected chi connectivity index (χ2v) is 5.72. The standard InChI is InChI=1S/C13H25N3O4/c1-13(20,11(17)18)9-15-12(19)14-6-3-10-4-7-16(2)8-5-10/h10,20H,3-9H2,1-2H3,(H,17,18)(H2,14,15,19). The van der Waals surface area contributed by atoms with Crippen LogP contribution in [0.5, 0.6) is 0 Å². The van der Waals surface area contributed by atoms with Gasteiger partial charge in [0.05, 0.1) is 6.54 Å². The van der Waals surface area contributed by atoms with Crippen LogP contribution in [0.1, 0.15) is 26.2 Å². The summed E-state index contributed by atoms with van der Waals surface area (Å²) in [5, 5.41) is 23.2. The Morgan fingerprint density at radius 3 is 2.45 bits per heavy atom. The minimum atomic E-state index is -1.94. The summed E-state index contributed by atoms with van der Waals surface area (Å²) in [6.07, 6.45) is 3.22. The van der Waals surface area contributed by atoms with Gasteiger partial charge in [-0.25, -0.2) is 9.59 Å². The Balaban J connectivity index is 2.13. The van der Waals surface area contributed by atoms with E-state index >= 15 is 0 Å². The molecule has 116 valence electrons. The molecule has 1 rings (SSSR count). The van der Waals surface area contributed by atoms with E-state index in [1.54, 1.807) is 0 Å². The largest absolute Gasteiger partial charge is 0.479 e. The highest BCUT2D eigenvalue weighted by Crippen LogP contribution is 2.18. The molecule has 1 atom stereocenters. The first kappa shape index (κ1) is 16.7. The molecule has 20 heavy (non-hydrogen) atoms. The zero-order valence-electron chi connectivity index (χ0n) is 12.2. The summed E-state index contributed by atoms with van der Waals surface area (Å²) in [5.41, 5.74) is -1.94. The number of carbonyl (C=O) groups excluding carboxylic acids is 1. The molecule has 0 saturated carbocycles. The van der Waals surface area contributed by atoms with E-state index in [1.165, 1.54) is 0 Å². The maximum atomic E-state index is 11.5. The second-order valence-electron chi connectivity index (χ2n) is 5.72. The van der Waals surface area contributed by atoms with Crippen LogP contribution in [-0.2, 0) is 4.79 Å². The molecule has 0 radical (unpaired) electrons. The number of rotatable bonds is 6. The number of nitrogens with zero attached hydrogens (tertiary/aromatic N) is 1. The summed E-state index contributed by atoms with van der Waals surface area (Å²) < 4.78 is 0. The topological polar surface area (TPSA) is 102 Å². The minimum Gasteiger partial charge on any atom is -0.479 e. The molecule has 0 aromatic carbocycles. The number of hydrogen-bond donors (Lipinski definition) is 4. The molecule has 0 aromatic heterocycles. The first-order valence-corrected chi connectivity index (χ1v) is 6.97. The van der Waals surface area contributed by atoms with Gasteiger partial charge in [-0.3, -0.25) is 0 Å². The van der Waals surface area contributed by atoms with Crippen molar-refractivity contribution in [3.8, 4) is 0 Å². The summed E-state index contributed by atoms with van der Waals surface area (Å²) in [7, 11) is 2.11. The Labute approximate surface area is 119 Å². The Bertz CT molecular complexity index is 339. The summed E-state index contributed by atoms with van der Waals surface area (Å²) >= 11 is 0. The van der Waals surface area contributed by atoms with Crippen molar-refractivity contribution in [2.24, 2.45) is 5.92 Å². The number of nitrogens with one attached hydrogen (secondary N) is 2. The van der Waals surface area contributed by atoms with Crippen LogP contribution in [0.4, 0.5) is 4.79 Å². The Hall–Kier alpha value is -1.34. The summed E-state index contributed by atoms with van der Waals surface area (Å²) in [5.74, 6) is -0.724. The number of carboxylic acids is 1. The minimum absolute atomic E-state index is 0.317. The van der Waals surface area contributed by atoms with Crippen LogP contribution in [0, 0.1) is 5.92 Å². The van der Waals surface area contributed by atoms with E-state index in [-0.39, 0.29) is 6.54 Å². The van der Waals surface area contributed by atoms with E-state index in [4.69, 9.17) is 5.11 Å². The van der Waals surface area contributed by atoms with E-state index in [0.717, 1.165) is 39.3 Å². The number of likely N-dealkylation sites (tertiary alicyclic amines) is 1. The fourth-order valence-corrected chi connectivity index (χ4v) is 2.13. The lowest BCUT2D eigenvalue weighted by Crippen LogP contribution is -2.49. The van der Waals surface area contributed by atoms with Crippen molar-refractivity contribution >= 4 is 12.0 Å². The SMILES string of the molecule is CN1CCC(CCNC(=O)NCC(C)(O)C(=O)O)CC1. The number of carboxylic acid groups (broad SMARTS) is 1. The van der Waals surface area contributed by atoms with Crippen LogP contribution in [-0.4, -0.2) is 65.9 Å². The first-order chi connectivity index (χ1) is 9.31. The number of hydrogen-bond acceptors (Lipinski definition) is 4. The van der Waals surface area contributed by atoms with Gasteiger partial charge < -0.3 is 25.7 Å². The van der Waals surface area contributed by atoms with Gasteiger partial charge in [0.25, 0.3) is 0 Å². The van der Waals surface area contributed by atoms with Gasteiger partial charge in [-0.1, -0.05) is 0 Å². The lowest BCUT2D eigenvalue weighted by molar-refractivity contribution is -0.155. The third-order valence-corrected chi connectivity index (χ3v) is 3.73. The molecule has 1 heterocycles. The third-order valence-electron chi connectivity index (χ3n) is 3.73. The van der Waals surface area contributed by atoms with Crippen molar-refractivity contribution in [1.82, 2.24) is 15.5 Å². The fourth-order valence-electron chi connectivity index (χ4n) is 2.13. The Morgan fingerprint density at radius 1 is 1.30 bits per heavy atom. The lowest BCUT2D eigenvalue weighted by atomic mass is 9.94. The number of aliphatic carboxylic acids is 1. The van der Waals surface area contributed by atoms with E-state index in [0.29, 0.717) is 12.5 Å². The van der Waals surface area contributed by atoms with Crippen LogP contribution < -0.4 is 10.6 Å². The van der Waals surface area contributed by atoms with E-state index in [9.17, 15) is 14.7 Å². The maximum Gasteiger partial charge on any atom is 0.337 e. The predicted molar refractivity (Wildman–Crippen MR) is 74.5 cm³/mol. The van der Waals surface area contributed by atoms with Crippen LogP contribution in [0.3, 0.4) is 0 Å². The zero-order chi connectivity index (χ0) is 15.2. The molecule has 7 nitrogen and oxygen atoms in total. The molecule has 1 fully saturated rings. The highest BCUT2D eigenvalue weighted by Gasteiger charge is 2.30.